The van der Waals surface area contributed by atoms with Crippen LogP contribution in [0.4, 0.5) is 5.69 Å². The number of carboxylic acid groups (broad SMARTS) is 1. The van der Waals surface area contributed by atoms with Gasteiger partial charge >= 0.3 is 5.97 Å². The first-order valence-corrected chi connectivity index (χ1v) is 13.0. The second-order valence-corrected chi connectivity index (χ2v) is 10.4. The van der Waals surface area contributed by atoms with E-state index in [2.05, 4.69) is 5.32 Å². The number of nitrogens with one attached hydrogen (secondary N) is 1. The van der Waals surface area contributed by atoms with E-state index in [9.17, 15) is 29.1 Å². The highest BCUT2D eigenvalue weighted by Gasteiger charge is 2.40. The smallest absolute Gasteiger partial charge is 0.326 e. The number of nitrogens with zero attached hydrogens (tertiary/aromatic N) is 2. The maximum absolute atomic E-state index is 13.1. The predicted octanol–water partition coefficient (Wildman–Crippen LogP) is 2.92. The van der Waals surface area contributed by atoms with Gasteiger partial charge in [-0.2, -0.15) is 0 Å². The average molecular weight is 520 g/mol. The molecule has 2 aromatic rings. The number of aliphatic carboxylic acids is 1. The molecular weight excluding hydrogens is 486 g/mol. The van der Waals surface area contributed by atoms with Crippen LogP contribution < -0.4 is 10.2 Å². The molecule has 9 nitrogen and oxygen atoms in total. The zero-order valence-corrected chi connectivity index (χ0v) is 21.6. The number of likely N-dealkylation sites (tertiary alicyclic amines) is 1. The van der Waals surface area contributed by atoms with Gasteiger partial charge in [-0.1, -0.05) is 56.3 Å². The van der Waals surface area contributed by atoms with E-state index >= 15 is 0 Å². The van der Waals surface area contributed by atoms with E-state index in [0.717, 1.165) is 5.56 Å². The minimum absolute atomic E-state index is 0.0125. The summed E-state index contributed by atoms with van der Waals surface area (Å²) in [6.45, 7) is 4.30. The van der Waals surface area contributed by atoms with Crippen molar-refractivity contribution in [2.45, 2.75) is 64.6 Å². The van der Waals surface area contributed by atoms with Crippen LogP contribution in [0.25, 0.3) is 0 Å². The Hall–Kier alpha value is -4.01. The molecule has 2 aromatic carbocycles. The third-order valence-electron chi connectivity index (χ3n) is 7.07. The lowest BCUT2D eigenvalue weighted by atomic mass is 9.96. The second kappa shape index (κ2) is 11.6. The van der Waals surface area contributed by atoms with Gasteiger partial charge < -0.3 is 15.3 Å². The fourth-order valence-corrected chi connectivity index (χ4v) is 5.19. The SMILES string of the molecule is CC(C)CC1CC(=O)N(c2ccc(C[C@H](NC(=O)[C@H]3CCC(=O)N3Cc3ccccc3)C(=O)O)cc2)C1=O. The van der Waals surface area contributed by atoms with E-state index in [1.165, 1.54) is 9.80 Å². The Bertz CT molecular complexity index is 1210. The van der Waals surface area contributed by atoms with Crippen molar-refractivity contribution in [1.82, 2.24) is 10.2 Å². The molecule has 2 saturated heterocycles. The third kappa shape index (κ3) is 6.10. The second-order valence-electron chi connectivity index (χ2n) is 10.4. The highest BCUT2D eigenvalue weighted by atomic mass is 16.4. The van der Waals surface area contributed by atoms with Crippen LogP contribution in [-0.4, -0.2) is 51.7 Å². The number of carbonyl (C=O) groups is 5. The Morgan fingerprint density at radius 3 is 2.29 bits per heavy atom. The molecule has 2 heterocycles. The van der Waals surface area contributed by atoms with Crippen molar-refractivity contribution >= 4 is 35.3 Å². The molecule has 38 heavy (non-hydrogen) atoms. The lowest BCUT2D eigenvalue weighted by molar-refractivity contribution is -0.143. The van der Waals surface area contributed by atoms with E-state index in [1.807, 2.05) is 44.2 Å². The molecule has 4 rings (SSSR count). The third-order valence-corrected chi connectivity index (χ3v) is 7.07. The van der Waals surface area contributed by atoms with Gasteiger partial charge in [-0.05, 0) is 42.0 Å². The van der Waals surface area contributed by atoms with Crippen LogP contribution in [0.1, 0.15) is 50.7 Å². The molecule has 3 atom stereocenters. The summed E-state index contributed by atoms with van der Waals surface area (Å²) in [5.41, 5.74) is 1.97. The summed E-state index contributed by atoms with van der Waals surface area (Å²) >= 11 is 0. The lowest BCUT2D eigenvalue weighted by Crippen LogP contribution is -2.50. The minimum Gasteiger partial charge on any atom is -0.480 e. The summed E-state index contributed by atoms with van der Waals surface area (Å²) < 4.78 is 0. The summed E-state index contributed by atoms with van der Waals surface area (Å²) in [5.74, 6) is -2.30. The number of imide groups is 1. The number of hydrogen-bond acceptors (Lipinski definition) is 5. The fraction of sp³-hybridized carbons (Fsp3) is 0.414. The maximum Gasteiger partial charge on any atom is 0.326 e. The van der Waals surface area contributed by atoms with Crippen LogP contribution in [-0.2, 0) is 36.9 Å². The van der Waals surface area contributed by atoms with E-state index in [0.29, 0.717) is 30.0 Å². The molecule has 9 heteroatoms. The topological polar surface area (TPSA) is 124 Å². The van der Waals surface area contributed by atoms with E-state index in [1.54, 1.807) is 24.3 Å². The number of benzene rings is 2. The van der Waals surface area contributed by atoms with Gasteiger partial charge in [0, 0.05) is 31.7 Å². The van der Waals surface area contributed by atoms with Crippen LogP contribution >= 0.6 is 0 Å². The molecule has 0 aliphatic carbocycles. The predicted molar refractivity (Wildman–Crippen MR) is 140 cm³/mol. The van der Waals surface area contributed by atoms with Crippen LogP contribution in [0, 0.1) is 11.8 Å². The Labute approximate surface area is 221 Å². The van der Waals surface area contributed by atoms with Crippen molar-refractivity contribution in [2.75, 3.05) is 4.90 Å². The molecule has 0 radical (unpaired) electrons. The fourth-order valence-electron chi connectivity index (χ4n) is 5.19. The van der Waals surface area contributed by atoms with Crippen molar-refractivity contribution in [2.24, 2.45) is 11.8 Å². The summed E-state index contributed by atoms with van der Waals surface area (Å²) in [6, 6.07) is 14.0. The molecular formula is C29H33N3O6. The van der Waals surface area contributed by atoms with Crippen molar-refractivity contribution in [3.8, 4) is 0 Å². The van der Waals surface area contributed by atoms with Gasteiger partial charge in [-0.3, -0.25) is 24.1 Å². The molecule has 2 fully saturated rings. The van der Waals surface area contributed by atoms with Gasteiger partial charge in [0.25, 0.3) is 0 Å². The summed E-state index contributed by atoms with van der Waals surface area (Å²) in [6.07, 6.45) is 1.41. The number of anilines is 1. The van der Waals surface area contributed by atoms with Crippen molar-refractivity contribution in [3.05, 3.63) is 65.7 Å². The average Bonchev–Trinajstić information content (AvgIpc) is 3.37. The standard InChI is InChI=1S/C29H33N3O6/c1-18(2)14-21-16-26(34)32(28(21)36)22-10-8-19(9-11-22)15-23(29(37)38)30-27(35)24-12-13-25(33)31(24)17-20-6-4-3-5-7-20/h3-11,18,21,23-24H,12-17H2,1-2H3,(H,30,35)(H,37,38)/t21?,23-,24+/m0/s1. The summed E-state index contributed by atoms with van der Waals surface area (Å²) in [4.78, 5) is 65.4. The van der Waals surface area contributed by atoms with Gasteiger partial charge in [0.2, 0.25) is 23.6 Å². The number of hydrogen-bond donors (Lipinski definition) is 2. The molecule has 4 amide bonds. The number of rotatable bonds is 10. The van der Waals surface area contributed by atoms with Crippen molar-refractivity contribution in [3.63, 3.8) is 0 Å². The monoisotopic (exact) mass is 519 g/mol. The Morgan fingerprint density at radius 1 is 0.974 bits per heavy atom. The number of carbonyl (C=O) groups excluding carboxylic acids is 4. The highest BCUT2D eigenvalue weighted by Crippen LogP contribution is 2.30. The van der Waals surface area contributed by atoms with E-state index in [-0.39, 0.29) is 49.4 Å². The molecule has 2 aliphatic rings. The van der Waals surface area contributed by atoms with Gasteiger partial charge in [-0.25, -0.2) is 4.79 Å². The molecule has 2 aliphatic heterocycles. The normalized spacial score (nSPS) is 20.3. The Balaban J connectivity index is 1.41. The highest BCUT2D eigenvalue weighted by molar-refractivity contribution is 6.20. The van der Waals surface area contributed by atoms with Crippen LogP contribution in [0.3, 0.4) is 0 Å². The molecule has 2 N–H and O–H groups in total. The first-order valence-electron chi connectivity index (χ1n) is 13.0. The van der Waals surface area contributed by atoms with Crippen LogP contribution in [0.5, 0.6) is 0 Å². The maximum atomic E-state index is 13.1. The molecule has 1 unspecified atom stereocenters. The quantitative estimate of drug-likeness (QED) is 0.465. The molecule has 200 valence electrons. The first-order chi connectivity index (χ1) is 18.1. The lowest BCUT2D eigenvalue weighted by Gasteiger charge is -2.26. The molecule has 0 spiro atoms. The Morgan fingerprint density at radius 2 is 1.66 bits per heavy atom. The number of amides is 4. The largest absolute Gasteiger partial charge is 0.480 e. The van der Waals surface area contributed by atoms with E-state index < -0.39 is 24.0 Å². The summed E-state index contributed by atoms with van der Waals surface area (Å²) in [7, 11) is 0. The zero-order chi connectivity index (χ0) is 27.4. The number of carboxylic acids is 1. The van der Waals surface area contributed by atoms with E-state index in [4.69, 9.17) is 0 Å². The molecule has 0 aromatic heterocycles. The first kappa shape index (κ1) is 27.0. The Kier molecular flexibility index (Phi) is 8.24. The van der Waals surface area contributed by atoms with Crippen LogP contribution in [0.15, 0.2) is 54.6 Å². The van der Waals surface area contributed by atoms with Gasteiger partial charge in [-0.15, -0.1) is 0 Å². The van der Waals surface area contributed by atoms with Crippen LogP contribution in [0.2, 0.25) is 0 Å². The van der Waals surface area contributed by atoms with Gasteiger partial charge in [0.1, 0.15) is 12.1 Å². The summed E-state index contributed by atoms with van der Waals surface area (Å²) in [5, 5.41) is 12.4. The minimum atomic E-state index is -1.20. The van der Waals surface area contributed by atoms with Gasteiger partial charge in [0.15, 0.2) is 0 Å². The molecule has 0 bridgehead atoms. The zero-order valence-electron chi connectivity index (χ0n) is 21.6. The van der Waals surface area contributed by atoms with Crippen molar-refractivity contribution in [1.29, 1.82) is 0 Å². The van der Waals surface area contributed by atoms with Gasteiger partial charge in [0.05, 0.1) is 5.69 Å². The molecule has 0 saturated carbocycles. The van der Waals surface area contributed by atoms with Crippen molar-refractivity contribution < 1.29 is 29.1 Å².